The molecule has 1 N–H and O–H groups in total. The number of carbonyl (C=O) groups excluding carboxylic acids is 2. The number of aliphatic hydroxyl groups is 1. The molecule has 1 amide bonds. The second kappa shape index (κ2) is 10.0. The molecule has 3 aromatic carbocycles. The smallest absolute Gasteiger partial charge is 0.301 e. The number of hydrogen-bond donors (Lipinski definition) is 1. The van der Waals surface area contributed by atoms with Crippen molar-refractivity contribution in [1.82, 2.24) is 4.98 Å². The number of rotatable bonds is 6. The molecule has 1 unspecified atom stereocenters. The molecule has 1 fully saturated rings. The quantitative estimate of drug-likeness (QED) is 0.190. The van der Waals surface area contributed by atoms with E-state index >= 15 is 0 Å². The highest BCUT2D eigenvalue weighted by Crippen LogP contribution is 2.45. The maximum atomic E-state index is 13.9. The summed E-state index contributed by atoms with van der Waals surface area (Å²) in [4.78, 5) is 32.8. The van der Waals surface area contributed by atoms with E-state index in [4.69, 9.17) is 14.2 Å². The number of benzene rings is 3. The third-order valence-corrected chi connectivity index (χ3v) is 7.47. The monoisotopic (exact) mass is 546 g/mol. The number of amides is 1. The molecule has 10 heteroatoms. The first-order chi connectivity index (χ1) is 18.9. The molecule has 2 aliphatic heterocycles. The van der Waals surface area contributed by atoms with Gasteiger partial charge in [-0.3, -0.25) is 14.5 Å². The molecule has 198 valence electrons. The maximum Gasteiger partial charge on any atom is 0.301 e. The summed E-state index contributed by atoms with van der Waals surface area (Å²) < 4.78 is 31.4. The summed E-state index contributed by atoms with van der Waals surface area (Å²) >= 11 is 1.09. The van der Waals surface area contributed by atoms with E-state index in [9.17, 15) is 19.1 Å². The highest BCUT2D eigenvalue weighted by atomic mass is 32.1. The van der Waals surface area contributed by atoms with Gasteiger partial charge < -0.3 is 19.3 Å². The Bertz CT molecular complexity index is 1650. The van der Waals surface area contributed by atoms with Crippen LogP contribution in [-0.2, 0) is 9.59 Å². The van der Waals surface area contributed by atoms with Gasteiger partial charge in [0.25, 0.3) is 5.78 Å². The van der Waals surface area contributed by atoms with Crippen LogP contribution < -0.4 is 19.1 Å². The zero-order valence-electron chi connectivity index (χ0n) is 20.8. The number of Topliss-reactive ketones (excluding diaryl/α,β-unsaturated/α-hetero) is 1. The van der Waals surface area contributed by atoms with Gasteiger partial charge in [0.15, 0.2) is 16.6 Å². The summed E-state index contributed by atoms with van der Waals surface area (Å²) in [6.45, 7) is 3.24. The zero-order valence-corrected chi connectivity index (χ0v) is 21.7. The van der Waals surface area contributed by atoms with Crippen LogP contribution >= 0.6 is 11.3 Å². The number of ether oxygens (including phenoxy) is 3. The zero-order chi connectivity index (χ0) is 27.1. The van der Waals surface area contributed by atoms with Crippen molar-refractivity contribution in [3.05, 3.63) is 83.2 Å². The Morgan fingerprint density at radius 3 is 2.74 bits per heavy atom. The number of aliphatic hydroxyl groups excluding tert-OH is 1. The number of aromatic nitrogens is 1. The van der Waals surface area contributed by atoms with Gasteiger partial charge in [0, 0.05) is 5.56 Å². The van der Waals surface area contributed by atoms with Crippen LogP contribution in [-0.4, -0.2) is 41.6 Å². The van der Waals surface area contributed by atoms with Crippen molar-refractivity contribution in [2.75, 3.05) is 24.7 Å². The lowest BCUT2D eigenvalue weighted by atomic mass is 9.95. The molecule has 1 aromatic heterocycles. The highest BCUT2D eigenvalue weighted by molar-refractivity contribution is 7.22. The van der Waals surface area contributed by atoms with E-state index in [1.165, 1.54) is 23.1 Å². The lowest BCUT2D eigenvalue weighted by molar-refractivity contribution is -0.132. The molecule has 6 rings (SSSR count). The van der Waals surface area contributed by atoms with Gasteiger partial charge in [0.05, 0.1) is 28.4 Å². The van der Waals surface area contributed by atoms with Gasteiger partial charge in [-0.05, 0) is 60.5 Å². The van der Waals surface area contributed by atoms with Gasteiger partial charge in [0.2, 0.25) is 0 Å². The average molecular weight is 547 g/mol. The molecule has 0 spiro atoms. The Hall–Kier alpha value is -4.44. The van der Waals surface area contributed by atoms with Gasteiger partial charge in [-0.15, -0.1) is 0 Å². The summed E-state index contributed by atoms with van der Waals surface area (Å²) in [5, 5.41) is 11.7. The molecule has 0 saturated carbocycles. The first-order valence-electron chi connectivity index (χ1n) is 12.4. The van der Waals surface area contributed by atoms with Crippen molar-refractivity contribution in [2.45, 2.75) is 19.4 Å². The minimum atomic E-state index is -1.01. The van der Waals surface area contributed by atoms with Crippen LogP contribution in [0.1, 0.15) is 30.5 Å². The van der Waals surface area contributed by atoms with Crippen LogP contribution in [0.4, 0.5) is 9.52 Å². The van der Waals surface area contributed by atoms with Crippen LogP contribution in [0.3, 0.4) is 0 Å². The molecule has 3 heterocycles. The molecule has 2 aliphatic rings. The van der Waals surface area contributed by atoms with E-state index in [1.54, 1.807) is 42.5 Å². The van der Waals surface area contributed by atoms with Crippen LogP contribution in [0.25, 0.3) is 16.0 Å². The Kier molecular flexibility index (Phi) is 6.40. The lowest BCUT2D eigenvalue weighted by Gasteiger charge is -2.23. The van der Waals surface area contributed by atoms with Crippen molar-refractivity contribution in [3.63, 3.8) is 0 Å². The third-order valence-electron chi connectivity index (χ3n) is 6.45. The first kappa shape index (κ1) is 24.9. The van der Waals surface area contributed by atoms with E-state index in [-0.39, 0.29) is 16.5 Å². The molecular weight excluding hydrogens is 523 g/mol. The molecule has 1 atom stereocenters. The number of fused-ring (bicyclic) bond motifs is 2. The standard InChI is InChI=1S/C29H23FN2O6S/c1-2-10-36-19-5-3-4-16(13-19)25-24(26(33)17-6-9-21-22(14-17)38-12-11-37-21)27(34)28(35)32(25)29-31-20-8-7-18(30)15-23(20)39-29/h3-9,13-15,25,33H,2,10-12H2,1H3/b26-24+. The normalized spacial score (nSPS) is 18.1. The fraction of sp³-hybridized carbons (Fsp3) is 0.207. The molecule has 4 aromatic rings. The number of hydrogen-bond acceptors (Lipinski definition) is 8. The van der Waals surface area contributed by atoms with E-state index < -0.39 is 23.5 Å². The number of halogens is 1. The third kappa shape index (κ3) is 4.46. The predicted molar refractivity (Wildman–Crippen MR) is 144 cm³/mol. The van der Waals surface area contributed by atoms with Crippen LogP contribution in [0.2, 0.25) is 0 Å². The summed E-state index contributed by atoms with van der Waals surface area (Å²) in [6.07, 6.45) is 0.801. The molecule has 0 radical (unpaired) electrons. The number of ketones is 1. The van der Waals surface area contributed by atoms with Crippen molar-refractivity contribution >= 4 is 44.1 Å². The SMILES string of the molecule is CCCOc1cccc(C2/C(=C(\O)c3ccc4c(c3)OCCO4)C(=O)C(=O)N2c2nc3ccc(F)cc3s2)c1. The van der Waals surface area contributed by atoms with Crippen molar-refractivity contribution in [3.8, 4) is 17.2 Å². The van der Waals surface area contributed by atoms with Crippen molar-refractivity contribution in [1.29, 1.82) is 0 Å². The van der Waals surface area contributed by atoms with Gasteiger partial charge in [0.1, 0.15) is 30.5 Å². The first-order valence-corrected chi connectivity index (χ1v) is 13.3. The largest absolute Gasteiger partial charge is 0.507 e. The average Bonchev–Trinajstić information content (AvgIpc) is 3.48. The van der Waals surface area contributed by atoms with E-state index in [2.05, 4.69) is 4.98 Å². The maximum absolute atomic E-state index is 13.9. The number of anilines is 1. The Morgan fingerprint density at radius 1 is 1.10 bits per heavy atom. The van der Waals surface area contributed by atoms with E-state index in [0.29, 0.717) is 58.4 Å². The fourth-order valence-electron chi connectivity index (χ4n) is 4.68. The molecular formula is C29H23FN2O6S. The van der Waals surface area contributed by atoms with Gasteiger partial charge >= 0.3 is 5.91 Å². The number of thiazole rings is 1. The Balaban J connectivity index is 1.52. The summed E-state index contributed by atoms with van der Waals surface area (Å²) in [5.41, 5.74) is 1.23. The van der Waals surface area contributed by atoms with E-state index in [0.717, 1.165) is 17.8 Å². The lowest BCUT2D eigenvalue weighted by Crippen LogP contribution is -2.29. The topological polar surface area (TPSA) is 98.2 Å². The molecule has 8 nitrogen and oxygen atoms in total. The minimum absolute atomic E-state index is 0.102. The van der Waals surface area contributed by atoms with E-state index in [1.807, 2.05) is 6.92 Å². The fourth-order valence-corrected chi connectivity index (χ4v) is 5.69. The number of carbonyl (C=O) groups is 2. The predicted octanol–water partition coefficient (Wildman–Crippen LogP) is 5.62. The van der Waals surface area contributed by atoms with Crippen LogP contribution in [0.5, 0.6) is 17.2 Å². The van der Waals surface area contributed by atoms with Gasteiger partial charge in [-0.2, -0.15) is 0 Å². The summed E-state index contributed by atoms with van der Waals surface area (Å²) in [5.74, 6) is -0.987. The van der Waals surface area contributed by atoms with Crippen LogP contribution in [0.15, 0.2) is 66.2 Å². The Labute approximate surface area is 226 Å². The molecule has 39 heavy (non-hydrogen) atoms. The van der Waals surface area contributed by atoms with Crippen molar-refractivity contribution in [2.24, 2.45) is 0 Å². The summed E-state index contributed by atoms with van der Waals surface area (Å²) in [7, 11) is 0. The van der Waals surface area contributed by atoms with Gasteiger partial charge in [-0.25, -0.2) is 9.37 Å². The van der Waals surface area contributed by atoms with Gasteiger partial charge in [-0.1, -0.05) is 30.4 Å². The number of nitrogens with zero attached hydrogens (tertiary/aromatic N) is 2. The van der Waals surface area contributed by atoms with Crippen LogP contribution in [0, 0.1) is 5.82 Å². The highest BCUT2D eigenvalue weighted by Gasteiger charge is 2.48. The second-order valence-electron chi connectivity index (χ2n) is 9.06. The molecule has 1 saturated heterocycles. The Morgan fingerprint density at radius 2 is 1.92 bits per heavy atom. The molecule has 0 aliphatic carbocycles. The second-order valence-corrected chi connectivity index (χ2v) is 10.1. The molecule has 0 bridgehead atoms. The minimum Gasteiger partial charge on any atom is -0.507 e. The summed E-state index contributed by atoms with van der Waals surface area (Å²) in [6, 6.07) is 15.0. The van der Waals surface area contributed by atoms with Crippen molar-refractivity contribution < 1.29 is 33.3 Å².